The van der Waals surface area contributed by atoms with Gasteiger partial charge < -0.3 is 5.32 Å². The van der Waals surface area contributed by atoms with Crippen molar-refractivity contribution in [1.82, 2.24) is 24.0 Å². The molecule has 2 aromatic heterocycles. The number of amides is 1. The largest absolute Gasteiger partial charge is 0.355 e. The van der Waals surface area contributed by atoms with Crippen LogP contribution in [0.5, 0.6) is 0 Å². The van der Waals surface area contributed by atoms with Gasteiger partial charge in [0.05, 0.1) is 0 Å². The zero-order chi connectivity index (χ0) is 17.9. The second kappa shape index (κ2) is 7.78. The number of carbonyl (C=O) groups is 1. The third-order valence-corrected chi connectivity index (χ3v) is 4.55. The Morgan fingerprint density at radius 2 is 1.88 bits per heavy atom. The first kappa shape index (κ1) is 18.4. The predicted octanol–water partition coefficient (Wildman–Crippen LogP) is 0.893. The topological polar surface area (TPSA) is 90.9 Å². The minimum atomic E-state index is -0.479. The summed E-state index contributed by atoms with van der Waals surface area (Å²) in [5, 5.41) is 2.85. The van der Waals surface area contributed by atoms with E-state index in [1.807, 2.05) is 0 Å². The lowest BCUT2D eigenvalue weighted by molar-refractivity contribution is -0.121. The van der Waals surface area contributed by atoms with Gasteiger partial charge >= 0.3 is 5.69 Å². The molecule has 8 nitrogen and oxygen atoms in total. The van der Waals surface area contributed by atoms with Crippen molar-refractivity contribution >= 4 is 33.0 Å². The number of rotatable bonds is 7. The first-order valence-electron chi connectivity index (χ1n) is 7.97. The van der Waals surface area contributed by atoms with Gasteiger partial charge in [0.25, 0.3) is 5.56 Å². The lowest BCUT2D eigenvalue weighted by Gasteiger charge is -2.10. The van der Waals surface area contributed by atoms with Crippen molar-refractivity contribution in [3.05, 3.63) is 25.6 Å². The molecule has 0 bridgehead atoms. The third-order valence-electron chi connectivity index (χ3n) is 3.95. The quantitative estimate of drug-likeness (QED) is 0.552. The van der Waals surface area contributed by atoms with Gasteiger partial charge in [0.2, 0.25) is 5.91 Å². The summed E-state index contributed by atoms with van der Waals surface area (Å²) in [6.45, 7) is 2.74. The fourth-order valence-corrected chi connectivity index (χ4v) is 3.05. The molecule has 2 aromatic rings. The molecule has 24 heavy (non-hydrogen) atoms. The van der Waals surface area contributed by atoms with E-state index in [0.29, 0.717) is 16.9 Å². The van der Waals surface area contributed by atoms with Crippen LogP contribution >= 0.6 is 15.9 Å². The number of hydrogen-bond donors (Lipinski definition) is 1. The van der Waals surface area contributed by atoms with E-state index in [1.165, 1.54) is 16.2 Å². The lowest BCUT2D eigenvalue weighted by Crippen LogP contribution is -2.38. The fraction of sp³-hybridized carbons (Fsp3) is 0.600. The molecule has 0 aliphatic rings. The number of hydrogen-bond acceptors (Lipinski definition) is 4. The predicted molar refractivity (Wildman–Crippen MR) is 95.1 cm³/mol. The van der Waals surface area contributed by atoms with Crippen LogP contribution in [-0.2, 0) is 25.4 Å². The molecule has 0 aliphatic carbocycles. The Hall–Kier alpha value is -1.90. The van der Waals surface area contributed by atoms with Gasteiger partial charge in [0, 0.05) is 20.6 Å². The first-order valence-corrected chi connectivity index (χ1v) is 8.76. The maximum Gasteiger partial charge on any atom is 0.332 e. The highest BCUT2D eigenvalue weighted by Gasteiger charge is 2.19. The minimum Gasteiger partial charge on any atom is -0.355 e. The molecule has 0 saturated heterocycles. The number of nitrogens with zero attached hydrogens (tertiary/aromatic N) is 4. The molecule has 0 fully saturated rings. The first-order chi connectivity index (χ1) is 11.4. The van der Waals surface area contributed by atoms with Crippen LogP contribution < -0.4 is 16.6 Å². The Morgan fingerprint density at radius 3 is 2.54 bits per heavy atom. The molecule has 2 rings (SSSR count). The van der Waals surface area contributed by atoms with Gasteiger partial charge in [0.15, 0.2) is 15.9 Å². The van der Waals surface area contributed by atoms with Gasteiger partial charge in [-0.1, -0.05) is 26.2 Å². The maximum absolute atomic E-state index is 12.2. The Labute approximate surface area is 147 Å². The second-order valence-corrected chi connectivity index (χ2v) is 6.46. The van der Waals surface area contributed by atoms with Crippen LogP contribution in [0.25, 0.3) is 11.2 Å². The summed E-state index contributed by atoms with van der Waals surface area (Å²) in [4.78, 5) is 40.6. The molecule has 9 heteroatoms. The molecule has 0 radical (unpaired) electrons. The van der Waals surface area contributed by atoms with E-state index in [4.69, 9.17) is 0 Å². The SMILES string of the molecule is CCCCCCNC(=O)Cn1c(Br)nc2c(=O)n(C)c(=O)n(C)c21. The Kier molecular flexibility index (Phi) is 5.98. The third kappa shape index (κ3) is 3.61. The molecule has 1 amide bonds. The normalized spacial score (nSPS) is 11.2. The van der Waals surface area contributed by atoms with E-state index in [2.05, 4.69) is 33.2 Å². The molecule has 0 atom stereocenters. The van der Waals surface area contributed by atoms with E-state index >= 15 is 0 Å². The number of fused-ring (bicyclic) bond motifs is 1. The number of aromatic nitrogens is 4. The summed E-state index contributed by atoms with van der Waals surface area (Å²) < 4.78 is 4.19. The van der Waals surface area contributed by atoms with Crippen molar-refractivity contribution in [2.75, 3.05) is 6.54 Å². The maximum atomic E-state index is 12.2. The minimum absolute atomic E-state index is 0.00862. The van der Waals surface area contributed by atoms with E-state index in [-0.39, 0.29) is 18.0 Å². The van der Waals surface area contributed by atoms with Gasteiger partial charge in [-0.2, -0.15) is 0 Å². The summed E-state index contributed by atoms with van der Waals surface area (Å²) in [7, 11) is 2.96. The molecule has 132 valence electrons. The number of aryl methyl sites for hydroxylation is 1. The Bertz CT molecular complexity index is 865. The molecule has 0 saturated carbocycles. The molecular formula is C15H22BrN5O3. The van der Waals surface area contributed by atoms with E-state index in [9.17, 15) is 14.4 Å². The van der Waals surface area contributed by atoms with E-state index in [1.54, 1.807) is 7.05 Å². The van der Waals surface area contributed by atoms with Crippen molar-refractivity contribution in [3.63, 3.8) is 0 Å². The van der Waals surface area contributed by atoms with Crippen molar-refractivity contribution in [2.24, 2.45) is 14.1 Å². The van der Waals surface area contributed by atoms with Gasteiger partial charge in [-0.3, -0.25) is 23.3 Å². The van der Waals surface area contributed by atoms with Crippen molar-refractivity contribution in [3.8, 4) is 0 Å². The van der Waals surface area contributed by atoms with Crippen molar-refractivity contribution in [1.29, 1.82) is 0 Å². The van der Waals surface area contributed by atoms with Crippen LogP contribution in [-0.4, -0.2) is 31.1 Å². The zero-order valence-electron chi connectivity index (χ0n) is 14.1. The summed E-state index contributed by atoms with van der Waals surface area (Å²) in [5.41, 5.74) is -0.452. The summed E-state index contributed by atoms with van der Waals surface area (Å²) in [6, 6.07) is 0. The van der Waals surface area contributed by atoms with Crippen LogP contribution in [0.3, 0.4) is 0 Å². The second-order valence-electron chi connectivity index (χ2n) is 5.76. The van der Waals surface area contributed by atoms with E-state index < -0.39 is 11.2 Å². The van der Waals surface area contributed by atoms with Crippen LogP contribution in [0, 0.1) is 0 Å². The molecule has 0 unspecified atom stereocenters. The van der Waals surface area contributed by atoms with Crippen LogP contribution in [0.2, 0.25) is 0 Å². The highest BCUT2D eigenvalue weighted by atomic mass is 79.9. The smallest absolute Gasteiger partial charge is 0.332 e. The highest BCUT2D eigenvalue weighted by Crippen LogP contribution is 2.16. The zero-order valence-corrected chi connectivity index (χ0v) is 15.7. The molecular weight excluding hydrogens is 378 g/mol. The standard InChI is InChI=1S/C15H22BrN5O3/c1-4-5-6-7-8-17-10(22)9-21-12-11(18-14(21)16)13(23)20(3)15(24)19(12)2/h4-9H2,1-3H3,(H,17,22). The number of halogens is 1. The van der Waals surface area contributed by atoms with Gasteiger partial charge in [-0.15, -0.1) is 0 Å². The molecule has 0 spiro atoms. The number of nitrogens with one attached hydrogen (secondary N) is 1. The van der Waals surface area contributed by atoms with E-state index in [0.717, 1.165) is 30.3 Å². The van der Waals surface area contributed by atoms with Crippen molar-refractivity contribution < 1.29 is 4.79 Å². The fourth-order valence-electron chi connectivity index (χ4n) is 2.58. The summed E-state index contributed by atoms with van der Waals surface area (Å²) in [6.07, 6.45) is 4.31. The van der Waals surface area contributed by atoms with Crippen LogP contribution in [0.4, 0.5) is 0 Å². The van der Waals surface area contributed by atoms with Gasteiger partial charge in [-0.05, 0) is 22.4 Å². The summed E-state index contributed by atoms with van der Waals surface area (Å²) >= 11 is 3.27. The number of imidazole rings is 1. The van der Waals surface area contributed by atoms with Crippen LogP contribution in [0.1, 0.15) is 32.6 Å². The lowest BCUT2D eigenvalue weighted by atomic mass is 10.2. The Balaban J connectivity index is 2.24. The van der Waals surface area contributed by atoms with Crippen LogP contribution in [0.15, 0.2) is 14.3 Å². The van der Waals surface area contributed by atoms with Crippen molar-refractivity contribution in [2.45, 2.75) is 39.2 Å². The molecule has 0 aliphatic heterocycles. The average molecular weight is 400 g/mol. The average Bonchev–Trinajstić information content (AvgIpc) is 2.87. The monoisotopic (exact) mass is 399 g/mol. The number of unbranched alkanes of at least 4 members (excludes halogenated alkanes) is 3. The molecule has 2 heterocycles. The Morgan fingerprint density at radius 1 is 1.17 bits per heavy atom. The molecule has 0 aromatic carbocycles. The number of carbonyl (C=O) groups excluding carboxylic acids is 1. The van der Waals surface area contributed by atoms with Gasteiger partial charge in [0.1, 0.15) is 6.54 Å². The highest BCUT2D eigenvalue weighted by molar-refractivity contribution is 9.10. The van der Waals surface area contributed by atoms with Gasteiger partial charge in [-0.25, -0.2) is 9.78 Å². The molecule has 1 N–H and O–H groups in total. The summed E-state index contributed by atoms with van der Waals surface area (Å²) in [5.74, 6) is -0.181.